The van der Waals surface area contributed by atoms with Crippen molar-refractivity contribution in [2.24, 2.45) is 46.3 Å². The number of carbonyl (C=O) groups is 1. The molecule has 0 bridgehead atoms. The van der Waals surface area contributed by atoms with E-state index in [0.717, 1.165) is 44.9 Å². The number of fused-ring (bicyclic) bond motifs is 5. The molecule has 4 aliphatic carbocycles. The zero-order valence-electron chi connectivity index (χ0n) is 17.2. The highest BCUT2D eigenvalue weighted by atomic mass is 16.4. The van der Waals surface area contributed by atoms with Crippen molar-refractivity contribution in [2.45, 2.75) is 90.8 Å². The van der Waals surface area contributed by atoms with E-state index in [0.29, 0.717) is 29.6 Å². The SMILES string of the molecule is CC(CC(=O)O)[C@H]1CCC2[C@H]3C(CC[C@@]21C)[C@@]1(C)CCC(O)C[C@H]1C[C@@H]3O. The molecule has 10 atom stereocenters. The summed E-state index contributed by atoms with van der Waals surface area (Å²) in [6.07, 6.45) is 8.12. The van der Waals surface area contributed by atoms with Gasteiger partial charge in [-0.2, -0.15) is 0 Å². The van der Waals surface area contributed by atoms with Crippen LogP contribution in [0, 0.1) is 46.3 Å². The van der Waals surface area contributed by atoms with Crippen molar-refractivity contribution in [1.82, 2.24) is 0 Å². The normalized spacial score (nSPS) is 53.1. The highest BCUT2D eigenvalue weighted by Gasteiger charge is 2.62. The second kappa shape index (κ2) is 6.73. The molecule has 0 amide bonds. The lowest BCUT2D eigenvalue weighted by molar-refractivity contribution is -0.174. The summed E-state index contributed by atoms with van der Waals surface area (Å²) in [6.45, 7) is 6.96. The number of hydrogen-bond donors (Lipinski definition) is 3. The minimum absolute atomic E-state index is 0.175. The smallest absolute Gasteiger partial charge is 0.303 e. The van der Waals surface area contributed by atoms with Crippen molar-refractivity contribution in [1.29, 1.82) is 0 Å². The molecule has 0 radical (unpaired) electrons. The van der Waals surface area contributed by atoms with E-state index in [9.17, 15) is 20.1 Å². The molecule has 4 fully saturated rings. The van der Waals surface area contributed by atoms with Gasteiger partial charge in [-0.05, 0) is 97.7 Å². The lowest BCUT2D eigenvalue weighted by Crippen LogP contribution is -2.58. The molecule has 0 saturated heterocycles. The number of aliphatic hydroxyl groups excluding tert-OH is 2. The average molecular weight is 379 g/mol. The molecule has 4 rings (SSSR count). The van der Waals surface area contributed by atoms with Crippen LogP contribution in [0.2, 0.25) is 0 Å². The zero-order valence-corrected chi connectivity index (χ0v) is 17.2. The number of rotatable bonds is 3. The van der Waals surface area contributed by atoms with E-state index in [2.05, 4.69) is 20.8 Å². The van der Waals surface area contributed by atoms with Gasteiger partial charge >= 0.3 is 5.97 Å². The number of aliphatic hydroxyl groups is 2. The van der Waals surface area contributed by atoms with Crippen LogP contribution in [0.4, 0.5) is 0 Å². The van der Waals surface area contributed by atoms with Crippen LogP contribution in [-0.2, 0) is 4.79 Å². The Hall–Kier alpha value is -0.610. The average Bonchev–Trinajstić information content (AvgIpc) is 2.93. The van der Waals surface area contributed by atoms with Crippen LogP contribution >= 0.6 is 0 Å². The van der Waals surface area contributed by atoms with Crippen molar-refractivity contribution in [2.75, 3.05) is 0 Å². The second-order valence-corrected chi connectivity index (χ2v) is 11.0. The quantitative estimate of drug-likeness (QED) is 0.691. The van der Waals surface area contributed by atoms with Crippen LogP contribution in [0.1, 0.15) is 78.6 Å². The molecule has 0 aromatic heterocycles. The molecular formula is C23H38O4. The van der Waals surface area contributed by atoms with Gasteiger partial charge in [-0.15, -0.1) is 0 Å². The fourth-order valence-electron chi connectivity index (χ4n) is 8.59. The van der Waals surface area contributed by atoms with E-state index >= 15 is 0 Å². The van der Waals surface area contributed by atoms with E-state index < -0.39 is 5.97 Å². The Morgan fingerprint density at radius 1 is 1.00 bits per heavy atom. The van der Waals surface area contributed by atoms with Gasteiger partial charge < -0.3 is 15.3 Å². The van der Waals surface area contributed by atoms with Crippen LogP contribution in [0.5, 0.6) is 0 Å². The van der Waals surface area contributed by atoms with Crippen molar-refractivity contribution < 1.29 is 20.1 Å². The van der Waals surface area contributed by atoms with E-state index in [-0.39, 0.29) is 35.4 Å². The van der Waals surface area contributed by atoms with Gasteiger partial charge in [0.1, 0.15) is 0 Å². The predicted molar refractivity (Wildman–Crippen MR) is 104 cm³/mol. The first-order valence-corrected chi connectivity index (χ1v) is 11.2. The Labute approximate surface area is 163 Å². The molecule has 4 nitrogen and oxygen atoms in total. The minimum atomic E-state index is -0.683. The maximum atomic E-state index is 11.3. The van der Waals surface area contributed by atoms with Gasteiger partial charge in [-0.3, -0.25) is 4.79 Å². The number of carboxylic acid groups (broad SMARTS) is 1. The third-order valence-electron chi connectivity index (χ3n) is 9.91. The van der Waals surface area contributed by atoms with E-state index in [4.69, 9.17) is 0 Å². The number of aliphatic carboxylic acids is 1. The maximum Gasteiger partial charge on any atom is 0.303 e. The Morgan fingerprint density at radius 3 is 2.37 bits per heavy atom. The Balaban J connectivity index is 1.60. The Bertz CT molecular complexity index is 591. The summed E-state index contributed by atoms with van der Waals surface area (Å²) in [5, 5.41) is 30.7. The van der Waals surface area contributed by atoms with Crippen LogP contribution in [-0.4, -0.2) is 33.5 Å². The molecule has 0 spiro atoms. The largest absolute Gasteiger partial charge is 0.481 e. The maximum absolute atomic E-state index is 11.3. The summed E-state index contributed by atoms with van der Waals surface area (Å²) in [6, 6.07) is 0. The molecule has 0 aromatic carbocycles. The first kappa shape index (κ1) is 19.7. The molecule has 0 aliphatic heterocycles. The van der Waals surface area contributed by atoms with Gasteiger partial charge in [-0.25, -0.2) is 0 Å². The molecule has 4 heteroatoms. The molecular weight excluding hydrogens is 340 g/mol. The fourth-order valence-corrected chi connectivity index (χ4v) is 8.59. The molecule has 4 aliphatic rings. The van der Waals surface area contributed by atoms with Gasteiger partial charge in [0.15, 0.2) is 0 Å². The molecule has 0 heterocycles. The monoisotopic (exact) mass is 378 g/mol. The van der Waals surface area contributed by atoms with Gasteiger partial charge in [0, 0.05) is 6.42 Å². The third-order valence-corrected chi connectivity index (χ3v) is 9.91. The molecule has 3 N–H and O–H groups in total. The Morgan fingerprint density at radius 2 is 1.67 bits per heavy atom. The highest BCUT2D eigenvalue weighted by Crippen LogP contribution is 2.68. The standard InChI is InChI=1S/C23H38O4/c1-13(10-20(26)27)16-4-5-17-21-18(7-9-23(16,17)3)22(2)8-6-15(24)11-14(22)12-19(21)25/h13-19,21,24-25H,4-12H2,1-3H3,(H,26,27)/t13?,14-,15?,16+,17?,18?,19-,21-,22-,23+/m0/s1. The van der Waals surface area contributed by atoms with E-state index in [1.54, 1.807) is 0 Å². The van der Waals surface area contributed by atoms with Crippen LogP contribution in [0.25, 0.3) is 0 Å². The first-order chi connectivity index (χ1) is 12.7. The summed E-state index contributed by atoms with van der Waals surface area (Å²) < 4.78 is 0. The molecule has 27 heavy (non-hydrogen) atoms. The minimum Gasteiger partial charge on any atom is -0.481 e. The van der Waals surface area contributed by atoms with E-state index in [1.165, 1.54) is 6.42 Å². The van der Waals surface area contributed by atoms with Crippen molar-refractivity contribution in [3.63, 3.8) is 0 Å². The fraction of sp³-hybridized carbons (Fsp3) is 0.957. The summed E-state index contributed by atoms with van der Waals surface area (Å²) in [5.74, 6) is 1.89. The summed E-state index contributed by atoms with van der Waals surface area (Å²) in [5.41, 5.74) is 0.434. The van der Waals surface area contributed by atoms with Crippen LogP contribution < -0.4 is 0 Å². The first-order valence-electron chi connectivity index (χ1n) is 11.2. The van der Waals surface area contributed by atoms with Crippen molar-refractivity contribution in [3.05, 3.63) is 0 Å². The summed E-state index contributed by atoms with van der Waals surface area (Å²) >= 11 is 0. The third kappa shape index (κ3) is 2.97. The van der Waals surface area contributed by atoms with Crippen molar-refractivity contribution in [3.8, 4) is 0 Å². The van der Waals surface area contributed by atoms with Crippen LogP contribution in [0.3, 0.4) is 0 Å². The highest BCUT2D eigenvalue weighted by molar-refractivity contribution is 5.67. The molecule has 4 saturated carbocycles. The van der Waals surface area contributed by atoms with Gasteiger partial charge in [-0.1, -0.05) is 20.8 Å². The van der Waals surface area contributed by atoms with Gasteiger partial charge in [0.2, 0.25) is 0 Å². The number of carboxylic acids is 1. The van der Waals surface area contributed by atoms with Gasteiger partial charge in [0.25, 0.3) is 0 Å². The summed E-state index contributed by atoms with van der Waals surface area (Å²) in [7, 11) is 0. The van der Waals surface area contributed by atoms with E-state index in [1.807, 2.05) is 0 Å². The molecule has 154 valence electrons. The topological polar surface area (TPSA) is 77.8 Å². The lowest BCUT2D eigenvalue weighted by Gasteiger charge is -2.62. The predicted octanol–water partition coefficient (Wildman–Crippen LogP) is 4.09. The number of hydrogen-bond acceptors (Lipinski definition) is 3. The second-order valence-electron chi connectivity index (χ2n) is 11.0. The zero-order chi connectivity index (χ0) is 19.6. The lowest BCUT2D eigenvalue weighted by atomic mass is 9.43. The van der Waals surface area contributed by atoms with Gasteiger partial charge in [0.05, 0.1) is 12.2 Å². The van der Waals surface area contributed by atoms with Crippen LogP contribution in [0.15, 0.2) is 0 Å². The summed E-state index contributed by atoms with van der Waals surface area (Å²) in [4.78, 5) is 11.3. The Kier molecular flexibility index (Phi) is 4.91. The van der Waals surface area contributed by atoms with Crippen molar-refractivity contribution >= 4 is 5.97 Å². The molecule has 0 aromatic rings. The molecule has 4 unspecified atom stereocenters.